The van der Waals surface area contributed by atoms with Crippen molar-refractivity contribution in [3.8, 4) is 0 Å². The Kier molecular flexibility index (Phi) is 12.7. The van der Waals surface area contributed by atoms with Gasteiger partial charge in [0.1, 0.15) is 29.5 Å². The molecule has 1 aliphatic heterocycles. The summed E-state index contributed by atoms with van der Waals surface area (Å²) in [7, 11) is 0. The van der Waals surface area contributed by atoms with Gasteiger partial charge in [-0.05, 0) is 73.5 Å². The average molecular weight is 806 g/mol. The number of amides is 1. The van der Waals surface area contributed by atoms with Crippen LogP contribution in [0.4, 0.5) is 4.79 Å². The van der Waals surface area contributed by atoms with E-state index in [4.69, 9.17) is 28.4 Å². The molecule has 4 rings (SSSR count). The van der Waals surface area contributed by atoms with E-state index in [9.17, 15) is 39.3 Å². The predicted octanol–water partition coefficient (Wildman–Crippen LogP) is 3.08. The van der Waals surface area contributed by atoms with Gasteiger partial charge in [-0.25, -0.2) is 14.4 Å². The number of aliphatic hydroxyl groups is 3. The van der Waals surface area contributed by atoms with Crippen LogP contribution in [0.2, 0.25) is 0 Å². The molecule has 1 saturated heterocycles. The van der Waals surface area contributed by atoms with Crippen molar-refractivity contribution in [3.63, 3.8) is 0 Å². The smallest absolute Gasteiger partial charge is 0.408 e. The van der Waals surface area contributed by atoms with Gasteiger partial charge in [-0.15, -0.1) is 0 Å². The molecule has 16 heteroatoms. The molecule has 2 saturated carbocycles. The maximum absolute atomic E-state index is 15.3. The highest BCUT2D eigenvalue weighted by molar-refractivity contribution is 5.95. The van der Waals surface area contributed by atoms with E-state index in [0.29, 0.717) is 11.1 Å². The van der Waals surface area contributed by atoms with Crippen LogP contribution >= 0.6 is 0 Å². The number of fused-ring (bicyclic) bond motifs is 5. The predicted molar refractivity (Wildman–Crippen MR) is 201 cm³/mol. The summed E-state index contributed by atoms with van der Waals surface area (Å²) in [4.78, 5) is 81.4. The zero-order chi connectivity index (χ0) is 43.4. The highest BCUT2D eigenvalue weighted by Crippen LogP contribution is 2.64. The lowest BCUT2D eigenvalue weighted by Gasteiger charge is -2.67. The van der Waals surface area contributed by atoms with Gasteiger partial charge in [-0.3, -0.25) is 14.4 Å². The Morgan fingerprint density at radius 2 is 1.56 bits per heavy atom. The lowest BCUT2D eigenvalue weighted by molar-refractivity contribution is -0.347. The first-order valence-corrected chi connectivity index (χ1v) is 19.1. The van der Waals surface area contributed by atoms with Crippen LogP contribution in [-0.4, -0.2) is 117 Å². The standard InChI is InChI=1S/C41H59NO15/c1-19(2)14-24(42-36(50)57-37(8,9)10)30(47)35(49)54-25-17-41(51)34(55-28(46)15-20(3)4)32-39(13,26(45)16-27-40(32,18-52-27)56-23(7)44)33(48)31(53-22(6)43)29(21(25)5)38(41,11)12/h14-15,24-27,30-32,34,45,47,51H,16-18H2,1-13H3,(H,42,50)/t24-,25-,26-,27+,30+,31+,32?,34?,39+,40-,41+/m0/s1. The molecular formula is C41H59NO15. The van der Waals surface area contributed by atoms with Crippen LogP contribution < -0.4 is 5.32 Å². The fourth-order valence-electron chi connectivity index (χ4n) is 9.03. The van der Waals surface area contributed by atoms with Crippen molar-refractivity contribution in [3.05, 3.63) is 34.4 Å². The SMILES string of the molecule is CC(=O)O[C@H]1C(=O)[C@@]2(C)C(C(OC(=O)C=C(C)C)[C@]3(O)C[C@H](OC(=O)[C@H](O)[C@H](C=C(C)C)NC(=O)OC(C)(C)C)C(C)=C1C3(C)C)[C@]1(OC(C)=O)CO[C@@H]1C[C@@H]2O. The quantitative estimate of drug-likeness (QED) is 0.114. The molecule has 16 nitrogen and oxygen atoms in total. The Morgan fingerprint density at radius 3 is 2.05 bits per heavy atom. The number of Topliss-reactive ketones (excluding diaryl/α,β-unsaturated/α-hetero) is 1. The summed E-state index contributed by atoms with van der Waals surface area (Å²) in [6.45, 7) is 19.5. The summed E-state index contributed by atoms with van der Waals surface area (Å²) in [5, 5.41) is 39.2. The van der Waals surface area contributed by atoms with Gasteiger partial charge < -0.3 is 49.1 Å². The number of alkyl carbamates (subject to hydrolysis) is 1. The van der Waals surface area contributed by atoms with Gasteiger partial charge in [-0.2, -0.15) is 0 Å². The minimum absolute atomic E-state index is 0.000116. The van der Waals surface area contributed by atoms with Gasteiger partial charge in [-0.1, -0.05) is 31.1 Å². The molecule has 0 aromatic rings. The van der Waals surface area contributed by atoms with Crippen LogP contribution in [0.5, 0.6) is 0 Å². The molecule has 4 N–H and O–H groups in total. The Balaban J connectivity index is 1.99. The van der Waals surface area contributed by atoms with Gasteiger partial charge in [0.05, 0.1) is 30.1 Å². The summed E-state index contributed by atoms with van der Waals surface area (Å²) in [6, 6.07) is -1.34. The lowest BCUT2D eigenvalue weighted by Crippen LogP contribution is -2.82. The summed E-state index contributed by atoms with van der Waals surface area (Å²) in [5.74, 6) is -6.22. The van der Waals surface area contributed by atoms with E-state index >= 15 is 4.79 Å². The number of carbonyl (C=O) groups is 6. The van der Waals surface area contributed by atoms with Crippen LogP contribution in [0.1, 0.15) is 103 Å². The number of allylic oxidation sites excluding steroid dienone is 2. The molecule has 2 bridgehead atoms. The summed E-state index contributed by atoms with van der Waals surface area (Å²) in [6.07, 6.45) is -8.68. The van der Waals surface area contributed by atoms with Gasteiger partial charge in [0.15, 0.2) is 23.6 Å². The fraction of sp³-hybridized carbons (Fsp3) is 0.707. The van der Waals surface area contributed by atoms with Gasteiger partial charge in [0.25, 0.3) is 0 Å². The number of hydrogen-bond donors (Lipinski definition) is 4. The van der Waals surface area contributed by atoms with Crippen LogP contribution in [-0.2, 0) is 52.4 Å². The van der Waals surface area contributed by atoms with Crippen LogP contribution in [0.15, 0.2) is 34.4 Å². The highest BCUT2D eigenvalue weighted by Gasteiger charge is 2.78. The molecule has 57 heavy (non-hydrogen) atoms. The van der Waals surface area contributed by atoms with Crippen molar-refractivity contribution >= 4 is 35.8 Å². The van der Waals surface area contributed by atoms with E-state index in [1.165, 1.54) is 26.0 Å². The van der Waals surface area contributed by atoms with Crippen LogP contribution in [0.3, 0.4) is 0 Å². The van der Waals surface area contributed by atoms with Gasteiger partial charge in [0.2, 0.25) is 0 Å². The fourth-order valence-corrected chi connectivity index (χ4v) is 9.03. The van der Waals surface area contributed by atoms with E-state index in [0.717, 1.165) is 13.8 Å². The Bertz CT molecular complexity index is 1760. The molecule has 0 radical (unpaired) electrons. The van der Waals surface area contributed by atoms with E-state index in [2.05, 4.69) is 5.32 Å². The Hall–Kier alpha value is -4.12. The first kappa shape index (κ1) is 45.6. The number of hydrogen-bond acceptors (Lipinski definition) is 15. The summed E-state index contributed by atoms with van der Waals surface area (Å²) in [5.41, 5.74) is -7.34. The first-order valence-electron chi connectivity index (χ1n) is 19.1. The average Bonchev–Trinajstić information content (AvgIpc) is 3.03. The highest BCUT2D eigenvalue weighted by atomic mass is 16.6. The second kappa shape index (κ2) is 15.9. The van der Waals surface area contributed by atoms with Crippen molar-refractivity contribution in [1.29, 1.82) is 0 Å². The van der Waals surface area contributed by atoms with Crippen molar-refractivity contribution in [2.24, 2.45) is 16.7 Å². The zero-order valence-electron chi connectivity index (χ0n) is 35.1. The number of nitrogens with one attached hydrogen (secondary N) is 1. The van der Waals surface area contributed by atoms with Crippen molar-refractivity contribution < 1.29 is 72.5 Å². The molecule has 0 aromatic carbocycles. The van der Waals surface area contributed by atoms with Crippen LogP contribution in [0.25, 0.3) is 0 Å². The minimum atomic E-state index is -2.35. The summed E-state index contributed by atoms with van der Waals surface area (Å²) >= 11 is 0. The second-order valence-electron chi connectivity index (χ2n) is 17.9. The molecule has 0 spiro atoms. The third-order valence-electron chi connectivity index (χ3n) is 11.6. The molecule has 3 fully saturated rings. The molecule has 1 heterocycles. The number of rotatable bonds is 9. The number of esters is 4. The van der Waals surface area contributed by atoms with E-state index in [1.54, 1.807) is 62.3 Å². The molecular weight excluding hydrogens is 746 g/mol. The second-order valence-corrected chi connectivity index (χ2v) is 17.9. The molecule has 4 aliphatic rings. The lowest BCUT2D eigenvalue weighted by atomic mass is 9.44. The molecule has 11 atom stereocenters. The normalized spacial score (nSPS) is 33.9. The monoisotopic (exact) mass is 805 g/mol. The van der Waals surface area contributed by atoms with Crippen molar-refractivity contribution in [2.75, 3.05) is 6.61 Å². The number of ether oxygens (including phenoxy) is 6. The number of ketones is 1. The zero-order valence-corrected chi connectivity index (χ0v) is 35.1. The van der Waals surface area contributed by atoms with Gasteiger partial charge in [0, 0.05) is 38.2 Å². The topological polar surface area (TPSA) is 231 Å². The Morgan fingerprint density at radius 1 is 0.947 bits per heavy atom. The van der Waals surface area contributed by atoms with E-state index < -0.39 is 118 Å². The third kappa shape index (κ3) is 8.41. The van der Waals surface area contributed by atoms with E-state index in [-0.39, 0.29) is 24.2 Å². The third-order valence-corrected chi connectivity index (χ3v) is 11.6. The molecule has 2 unspecified atom stereocenters. The largest absolute Gasteiger partial charge is 0.456 e. The van der Waals surface area contributed by atoms with Crippen LogP contribution in [0, 0.1) is 16.7 Å². The molecule has 3 aliphatic carbocycles. The number of carbonyl (C=O) groups excluding carboxylic acids is 6. The van der Waals surface area contributed by atoms with Crippen molar-refractivity contribution in [2.45, 2.75) is 162 Å². The molecule has 1 amide bonds. The summed E-state index contributed by atoms with van der Waals surface area (Å²) < 4.78 is 35.1. The first-order chi connectivity index (χ1) is 26.0. The van der Waals surface area contributed by atoms with E-state index in [1.807, 2.05) is 0 Å². The number of aliphatic hydroxyl groups excluding tert-OH is 2. The maximum atomic E-state index is 15.3. The van der Waals surface area contributed by atoms with Crippen molar-refractivity contribution in [1.82, 2.24) is 5.32 Å². The minimum Gasteiger partial charge on any atom is -0.456 e. The van der Waals surface area contributed by atoms with Gasteiger partial charge >= 0.3 is 30.0 Å². The molecule has 0 aromatic heterocycles. The Labute approximate surface area is 333 Å². The molecule has 318 valence electrons. The maximum Gasteiger partial charge on any atom is 0.408 e.